The fourth-order valence-corrected chi connectivity index (χ4v) is 2.43. The van der Waals surface area contributed by atoms with Gasteiger partial charge in [-0.3, -0.25) is 23.9 Å². The van der Waals surface area contributed by atoms with E-state index in [0.29, 0.717) is 18.0 Å². The van der Waals surface area contributed by atoms with Gasteiger partial charge in [-0.05, 0) is 26.0 Å². The van der Waals surface area contributed by atoms with E-state index in [-0.39, 0.29) is 11.4 Å². The maximum atomic E-state index is 12.5. The standard InChI is InChI=1S/C15H20N6O4/c1-3-20-10(5-7-17-20)12(22)9-19(15(24)25)14(16)13(23)11-6-8-18-21(11)4-2/h5-8,14H,3-4,9,16H2,1-2H3,(H,24,25). The summed E-state index contributed by atoms with van der Waals surface area (Å²) in [5.74, 6) is -1.12. The van der Waals surface area contributed by atoms with Crippen LogP contribution in [0.4, 0.5) is 4.79 Å². The van der Waals surface area contributed by atoms with Crippen LogP contribution >= 0.6 is 0 Å². The highest BCUT2D eigenvalue weighted by Gasteiger charge is 2.31. The van der Waals surface area contributed by atoms with Gasteiger partial charge in [-0.1, -0.05) is 0 Å². The summed E-state index contributed by atoms with van der Waals surface area (Å²) in [5.41, 5.74) is 6.27. The van der Waals surface area contributed by atoms with Crippen LogP contribution in [-0.4, -0.2) is 59.9 Å². The molecule has 0 radical (unpaired) electrons. The third-order valence-electron chi connectivity index (χ3n) is 3.73. The van der Waals surface area contributed by atoms with E-state index >= 15 is 0 Å². The van der Waals surface area contributed by atoms with E-state index in [1.165, 1.54) is 33.9 Å². The lowest BCUT2D eigenvalue weighted by molar-refractivity contribution is 0.0731. The van der Waals surface area contributed by atoms with Crippen molar-refractivity contribution < 1.29 is 19.5 Å². The molecule has 3 N–H and O–H groups in total. The van der Waals surface area contributed by atoms with Crippen molar-refractivity contribution in [1.82, 2.24) is 24.5 Å². The molecule has 134 valence electrons. The fraction of sp³-hybridized carbons (Fsp3) is 0.400. The molecule has 0 aromatic carbocycles. The summed E-state index contributed by atoms with van der Waals surface area (Å²) in [4.78, 5) is 37.0. The van der Waals surface area contributed by atoms with Crippen LogP contribution in [0.2, 0.25) is 0 Å². The third kappa shape index (κ3) is 3.74. The van der Waals surface area contributed by atoms with Gasteiger partial charge >= 0.3 is 6.09 Å². The highest BCUT2D eigenvalue weighted by atomic mass is 16.4. The summed E-state index contributed by atoms with van der Waals surface area (Å²) in [6.07, 6.45) is -0.0903. The third-order valence-corrected chi connectivity index (χ3v) is 3.73. The lowest BCUT2D eigenvalue weighted by atomic mass is 10.2. The van der Waals surface area contributed by atoms with E-state index in [1.54, 1.807) is 13.8 Å². The molecule has 1 unspecified atom stereocenters. The zero-order valence-electron chi connectivity index (χ0n) is 14.0. The number of ketones is 2. The minimum Gasteiger partial charge on any atom is -0.465 e. The van der Waals surface area contributed by atoms with Gasteiger partial charge in [0, 0.05) is 25.5 Å². The van der Waals surface area contributed by atoms with Gasteiger partial charge in [-0.15, -0.1) is 0 Å². The average molecular weight is 348 g/mol. The first-order valence-corrected chi connectivity index (χ1v) is 7.76. The molecule has 0 aliphatic carbocycles. The van der Waals surface area contributed by atoms with E-state index in [0.717, 1.165) is 0 Å². The number of hydrogen-bond donors (Lipinski definition) is 2. The predicted octanol–water partition coefficient (Wildman–Crippen LogP) is 0.450. The van der Waals surface area contributed by atoms with E-state index in [1.807, 2.05) is 0 Å². The number of carbonyl (C=O) groups is 3. The average Bonchev–Trinajstić information content (AvgIpc) is 3.25. The van der Waals surface area contributed by atoms with Gasteiger partial charge in [0.15, 0.2) is 5.78 Å². The van der Waals surface area contributed by atoms with Crippen molar-refractivity contribution >= 4 is 17.7 Å². The van der Waals surface area contributed by atoms with Crippen LogP contribution in [0.1, 0.15) is 34.8 Å². The monoisotopic (exact) mass is 348 g/mol. The Morgan fingerprint density at radius 3 is 2.16 bits per heavy atom. The highest BCUT2D eigenvalue weighted by molar-refractivity contribution is 6.02. The van der Waals surface area contributed by atoms with Gasteiger partial charge in [0.25, 0.3) is 0 Å². The molecular formula is C15H20N6O4. The largest absolute Gasteiger partial charge is 0.465 e. The molecule has 2 rings (SSSR count). The molecule has 2 heterocycles. The number of carbonyl (C=O) groups excluding carboxylic acids is 2. The Labute approximate surface area is 143 Å². The lowest BCUT2D eigenvalue weighted by Gasteiger charge is -2.24. The molecule has 10 heteroatoms. The summed E-state index contributed by atoms with van der Waals surface area (Å²) < 4.78 is 2.86. The van der Waals surface area contributed by atoms with Crippen LogP contribution in [0, 0.1) is 0 Å². The molecule has 0 fully saturated rings. The van der Waals surface area contributed by atoms with Gasteiger partial charge in [-0.2, -0.15) is 10.2 Å². The van der Waals surface area contributed by atoms with Gasteiger partial charge in [0.2, 0.25) is 5.78 Å². The Morgan fingerprint density at radius 2 is 1.64 bits per heavy atom. The first-order chi connectivity index (χ1) is 11.9. The van der Waals surface area contributed by atoms with Crippen LogP contribution in [0.3, 0.4) is 0 Å². The summed E-state index contributed by atoms with van der Waals surface area (Å²) in [5, 5.41) is 17.3. The Morgan fingerprint density at radius 1 is 1.12 bits per heavy atom. The maximum absolute atomic E-state index is 12.5. The zero-order valence-corrected chi connectivity index (χ0v) is 14.0. The van der Waals surface area contributed by atoms with Crippen LogP contribution in [0.25, 0.3) is 0 Å². The topological polar surface area (TPSA) is 136 Å². The first-order valence-electron chi connectivity index (χ1n) is 7.76. The van der Waals surface area contributed by atoms with Gasteiger partial charge in [0.1, 0.15) is 17.6 Å². The lowest BCUT2D eigenvalue weighted by Crippen LogP contribution is -2.52. The zero-order chi connectivity index (χ0) is 18.6. The number of Topliss-reactive ketones (excluding diaryl/α,β-unsaturated/α-hetero) is 2. The van der Waals surface area contributed by atoms with Crippen LogP contribution in [-0.2, 0) is 13.1 Å². The molecule has 0 aliphatic rings. The van der Waals surface area contributed by atoms with E-state index in [2.05, 4.69) is 10.2 Å². The number of aromatic nitrogens is 4. The molecule has 10 nitrogen and oxygen atoms in total. The molecule has 0 saturated carbocycles. The van der Waals surface area contributed by atoms with Crippen molar-refractivity contribution in [2.75, 3.05) is 6.54 Å². The highest BCUT2D eigenvalue weighted by Crippen LogP contribution is 2.09. The summed E-state index contributed by atoms with van der Waals surface area (Å²) in [7, 11) is 0. The fourth-order valence-electron chi connectivity index (χ4n) is 2.43. The second kappa shape index (κ2) is 7.71. The number of carboxylic acid groups (broad SMARTS) is 1. The van der Waals surface area contributed by atoms with Crippen LogP contribution in [0.15, 0.2) is 24.5 Å². The van der Waals surface area contributed by atoms with Crippen molar-refractivity contribution in [1.29, 1.82) is 0 Å². The van der Waals surface area contributed by atoms with Crippen molar-refractivity contribution in [3.63, 3.8) is 0 Å². The molecule has 1 amide bonds. The summed E-state index contributed by atoms with van der Waals surface area (Å²) >= 11 is 0. The molecule has 0 bridgehead atoms. The molecule has 2 aromatic rings. The van der Waals surface area contributed by atoms with Crippen LogP contribution in [0.5, 0.6) is 0 Å². The van der Waals surface area contributed by atoms with Crippen molar-refractivity contribution in [3.05, 3.63) is 35.9 Å². The minimum atomic E-state index is -1.51. The smallest absolute Gasteiger partial charge is 0.409 e. The van der Waals surface area contributed by atoms with E-state index in [9.17, 15) is 19.5 Å². The Kier molecular flexibility index (Phi) is 5.65. The van der Waals surface area contributed by atoms with Crippen molar-refractivity contribution in [2.24, 2.45) is 5.73 Å². The van der Waals surface area contributed by atoms with Crippen molar-refractivity contribution in [3.8, 4) is 0 Å². The summed E-state index contributed by atoms with van der Waals surface area (Å²) in [6, 6.07) is 2.95. The van der Waals surface area contributed by atoms with Crippen LogP contribution < -0.4 is 5.73 Å². The number of aryl methyl sites for hydroxylation is 2. The number of hydrogen-bond acceptors (Lipinski definition) is 6. The number of nitrogens with zero attached hydrogens (tertiary/aromatic N) is 5. The SMILES string of the molecule is CCn1nccc1C(=O)CN(C(=O)O)C(N)C(=O)c1ccnn1CC. The predicted molar refractivity (Wildman–Crippen MR) is 87.2 cm³/mol. The first kappa shape index (κ1) is 18.3. The van der Waals surface area contributed by atoms with Gasteiger partial charge in [0.05, 0.1) is 6.54 Å². The second-order valence-electron chi connectivity index (χ2n) is 5.21. The Bertz CT molecular complexity index is 781. The Balaban J connectivity index is 2.21. The molecule has 1 atom stereocenters. The molecule has 0 aliphatic heterocycles. The number of nitrogens with two attached hydrogens (primary N) is 1. The second-order valence-corrected chi connectivity index (χ2v) is 5.21. The van der Waals surface area contributed by atoms with E-state index < -0.39 is 30.4 Å². The molecule has 2 aromatic heterocycles. The molecular weight excluding hydrogens is 328 g/mol. The van der Waals surface area contributed by atoms with Gasteiger partial charge in [-0.25, -0.2) is 4.79 Å². The van der Waals surface area contributed by atoms with E-state index in [4.69, 9.17) is 5.73 Å². The quantitative estimate of drug-likeness (QED) is 0.522. The Hall–Kier alpha value is -3.01. The normalized spacial score (nSPS) is 12.0. The van der Waals surface area contributed by atoms with Crippen molar-refractivity contribution in [2.45, 2.75) is 33.1 Å². The maximum Gasteiger partial charge on any atom is 0.409 e. The number of amides is 1. The molecule has 0 saturated heterocycles. The summed E-state index contributed by atoms with van der Waals surface area (Å²) in [6.45, 7) is 3.94. The van der Waals surface area contributed by atoms with Gasteiger partial charge < -0.3 is 10.8 Å². The number of rotatable bonds is 8. The minimum absolute atomic E-state index is 0.187. The molecule has 25 heavy (non-hydrogen) atoms. The molecule has 0 spiro atoms.